The summed E-state index contributed by atoms with van der Waals surface area (Å²) in [5.41, 5.74) is 9.81. The number of nitrogens with zero attached hydrogens (tertiary/aromatic N) is 4. The fourth-order valence-electron chi connectivity index (χ4n) is 2.89. The number of anilines is 1. The molecule has 26 heavy (non-hydrogen) atoms. The van der Waals surface area contributed by atoms with E-state index in [9.17, 15) is 4.39 Å². The van der Waals surface area contributed by atoms with E-state index >= 15 is 0 Å². The van der Waals surface area contributed by atoms with Crippen LogP contribution in [0.3, 0.4) is 0 Å². The number of rotatable bonds is 3. The first-order valence-corrected chi connectivity index (χ1v) is 9.23. The van der Waals surface area contributed by atoms with E-state index in [-0.39, 0.29) is 5.69 Å². The average molecular weight is 365 g/mol. The van der Waals surface area contributed by atoms with Gasteiger partial charge in [0, 0.05) is 5.56 Å². The molecule has 0 atom stereocenters. The maximum atomic E-state index is 14.2. The molecule has 0 unspecified atom stereocenters. The van der Waals surface area contributed by atoms with Crippen LogP contribution in [0.25, 0.3) is 28.0 Å². The summed E-state index contributed by atoms with van der Waals surface area (Å²) in [6.45, 7) is 2.02. The maximum Gasteiger partial charge on any atom is 0.190 e. The van der Waals surface area contributed by atoms with E-state index in [1.807, 2.05) is 37.4 Å². The van der Waals surface area contributed by atoms with Crippen LogP contribution >= 0.6 is 11.8 Å². The van der Waals surface area contributed by atoms with Crippen molar-refractivity contribution in [2.45, 2.75) is 12.1 Å². The predicted octanol–water partition coefficient (Wildman–Crippen LogP) is 4.23. The summed E-state index contributed by atoms with van der Waals surface area (Å²) in [6, 6.07) is 14.4. The van der Waals surface area contributed by atoms with Gasteiger partial charge in [0.15, 0.2) is 10.8 Å². The topological polar surface area (TPSA) is 69.6 Å². The van der Waals surface area contributed by atoms with Gasteiger partial charge < -0.3 is 5.73 Å². The molecule has 2 aromatic carbocycles. The third kappa shape index (κ3) is 2.70. The molecule has 0 aliphatic carbocycles. The first kappa shape index (κ1) is 16.5. The lowest BCUT2D eigenvalue weighted by atomic mass is 10.1. The van der Waals surface area contributed by atoms with Crippen molar-refractivity contribution in [3.8, 4) is 16.9 Å². The van der Waals surface area contributed by atoms with Crippen LogP contribution in [0, 0.1) is 12.7 Å². The molecule has 0 spiro atoms. The Labute approximate surface area is 154 Å². The standard InChI is InChI=1S/C19H16FN5S/c1-11-6-5-7-12(10-11)16-15-17(21)25(14-9-4-3-8-13(14)20)24-18(15)23-19(22-16)26-2/h3-10H,21H2,1-2H3. The van der Waals surface area contributed by atoms with Gasteiger partial charge >= 0.3 is 0 Å². The number of halogens is 1. The molecule has 5 nitrogen and oxygen atoms in total. The second-order valence-corrected chi connectivity index (χ2v) is 6.65. The molecule has 0 aliphatic rings. The van der Waals surface area contributed by atoms with Gasteiger partial charge in [-0.3, -0.25) is 0 Å². The van der Waals surface area contributed by atoms with Crippen molar-refractivity contribution in [1.29, 1.82) is 0 Å². The third-order valence-electron chi connectivity index (χ3n) is 4.10. The highest BCUT2D eigenvalue weighted by atomic mass is 32.2. The predicted molar refractivity (Wildman–Crippen MR) is 103 cm³/mol. The van der Waals surface area contributed by atoms with Crippen molar-refractivity contribution in [2.75, 3.05) is 12.0 Å². The van der Waals surface area contributed by atoms with Crippen LogP contribution in [-0.4, -0.2) is 26.0 Å². The first-order chi connectivity index (χ1) is 12.6. The molecular weight excluding hydrogens is 349 g/mol. The number of para-hydroxylation sites is 1. The highest BCUT2D eigenvalue weighted by Gasteiger charge is 2.20. The summed E-state index contributed by atoms with van der Waals surface area (Å²) in [5, 5.41) is 5.66. The minimum atomic E-state index is -0.401. The smallest absolute Gasteiger partial charge is 0.190 e. The average Bonchev–Trinajstić information content (AvgIpc) is 2.98. The molecular formula is C19H16FN5S. The fourth-order valence-corrected chi connectivity index (χ4v) is 3.25. The van der Waals surface area contributed by atoms with E-state index in [0.29, 0.717) is 27.7 Å². The lowest BCUT2D eigenvalue weighted by molar-refractivity contribution is 0.612. The van der Waals surface area contributed by atoms with Crippen LogP contribution in [0.2, 0.25) is 0 Å². The van der Waals surface area contributed by atoms with Gasteiger partial charge in [-0.05, 0) is 31.4 Å². The summed E-state index contributed by atoms with van der Waals surface area (Å²) < 4.78 is 15.6. The molecule has 2 aromatic heterocycles. The van der Waals surface area contributed by atoms with E-state index in [0.717, 1.165) is 11.1 Å². The number of aryl methyl sites for hydroxylation is 1. The Balaban J connectivity index is 2.05. The van der Waals surface area contributed by atoms with Crippen molar-refractivity contribution < 1.29 is 4.39 Å². The normalized spacial score (nSPS) is 11.2. The largest absolute Gasteiger partial charge is 0.383 e. The van der Waals surface area contributed by atoms with Crippen molar-refractivity contribution >= 4 is 28.6 Å². The summed E-state index contributed by atoms with van der Waals surface area (Å²) in [6.07, 6.45) is 1.90. The zero-order valence-electron chi connectivity index (χ0n) is 14.3. The van der Waals surface area contributed by atoms with Crippen LogP contribution in [-0.2, 0) is 0 Å². The Morgan fingerprint density at radius 3 is 2.62 bits per heavy atom. The van der Waals surface area contributed by atoms with Crippen molar-refractivity contribution in [3.63, 3.8) is 0 Å². The van der Waals surface area contributed by atoms with Crippen molar-refractivity contribution in [3.05, 3.63) is 59.9 Å². The minimum absolute atomic E-state index is 0.281. The molecule has 7 heteroatoms. The number of hydrogen-bond acceptors (Lipinski definition) is 5. The van der Waals surface area contributed by atoms with Gasteiger partial charge in [-0.1, -0.05) is 47.7 Å². The van der Waals surface area contributed by atoms with Gasteiger partial charge in [0.05, 0.1) is 11.1 Å². The zero-order chi connectivity index (χ0) is 18.3. The van der Waals surface area contributed by atoms with Gasteiger partial charge in [-0.25, -0.2) is 19.0 Å². The second-order valence-electron chi connectivity index (χ2n) is 5.88. The quantitative estimate of drug-likeness (QED) is 0.434. The summed E-state index contributed by atoms with van der Waals surface area (Å²) >= 11 is 1.42. The second kappa shape index (κ2) is 6.42. The lowest BCUT2D eigenvalue weighted by Gasteiger charge is -2.07. The zero-order valence-corrected chi connectivity index (χ0v) is 15.1. The van der Waals surface area contributed by atoms with Crippen molar-refractivity contribution in [2.24, 2.45) is 0 Å². The summed E-state index contributed by atoms with van der Waals surface area (Å²) in [4.78, 5) is 9.10. The molecule has 2 N–H and O–H groups in total. The number of hydrogen-bond donors (Lipinski definition) is 1. The fraction of sp³-hybridized carbons (Fsp3) is 0.105. The Kier molecular flexibility index (Phi) is 4.08. The van der Waals surface area contributed by atoms with E-state index in [2.05, 4.69) is 15.1 Å². The first-order valence-electron chi connectivity index (χ1n) is 8.00. The van der Waals surface area contributed by atoms with Crippen LogP contribution < -0.4 is 5.73 Å². The van der Waals surface area contributed by atoms with Crippen molar-refractivity contribution in [1.82, 2.24) is 19.7 Å². The molecule has 2 heterocycles. The number of thioether (sulfide) groups is 1. The Morgan fingerprint density at radius 2 is 1.88 bits per heavy atom. The lowest BCUT2D eigenvalue weighted by Crippen LogP contribution is -2.04. The highest BCUT2D eigenvalue weighted by molar-refractivity contribution is 7.98. The SMILES string of the molecule is CSc1nc(-c2cccc(C)c2)c2c(N)n(-c3ccccc3F)nc2n1. The van der Waals surface area contributed by atoms with Gasteiger partial charge in [0.25, 0.3) is 0 Å². The molecule has 0 bridgehead atoms. The van der Waals surface area contributed by atoms with Gasteiger partial charge in [-0.2, -0.15) is 0 Å². The van der Waals surface area contributed by atoms with Crippen LogP contribution in [0.4, 0.5) is 10.2 Å². The molecule has 0 saturated carbocycles. The van der Waals surface area contributed by atoms with Gasteiger partial charge in [-0.15, -0.1) is 5.10 Å². The van der Waals surface area contributed by atoms with Gasteiger partial charge in [0.2, 0.25) is 0 Å². The van der Waals surface area contributed by atoms with Gasteiger partial charge in [0.1, 0.15) is 17.3 Å². The molecule has 0 amide bonds. The maximum absolute atomic E-state index is 14.2. The third-order valence-corrected chi connectivity index (χ3v) is 4.65. The Hall–Kier alpha value is -2.93. The van der Waals surface area contributed by atoms with Crippen LogP contribution in [0.5, 0.6) is 0 Å². The number of fused-ring (bicyclic) bond motifs is 1. The molecule has 130 valence electrons. The number of benzene rings is 2. The van der Waals surface area contributed by atoms with E-state index in [1.165, 1.54) is 22.5 Å². The number of aromatic nitrogens is 4. The molecule has 0 saturated heterocycles. The Morgan fingerprint density at radius 1 is 1.08 bits per heavy atom. The molecule has 0 fully saturated rings. The number of nitrogens with two attached hydrogens (primary N) is 1. The summed E-state index contributed by atoms with van der Waals surface area (Å²) in [5.74, 6) is -0.0866. The number of nitrogen functional groups attached to an aromatic ring is 1. The Bertz CT molecular complexity index is 1120. The highest BCUT2D eigenvalue weighted by Crippen LogP contribution is 2.33. The van der Waals surface area contributed by atoms with Crippen LogP contribution in [0.15, 0.2) is 53.7 Å². The monoisotopic (exact) mass is 365 g/mol. The summed E-state index contributed by atoms with van der Waals surface area (Å²) in [7, 11) is 0. The molecule has 0 aliphatic heterocycles. The molecule has 4 rings (SSSR count). The van der Waals surface area contributed by atoms with Crippen LogP contribution in [0.1, 0.15) is 5.56 Å². The molecule has 4 aromatic rings. The van der Waals surface area contributed by atoms with E-state index < -0.39 is 5.82 Å². The molecule has 0 radical (unpaired) electrons. The minimum Gasteiger partial charge on any atom is -0.383 e. The van der Waals surface area contributed by atoms with E-state index in [4.69, 9.17) is 5.73 Å². The van der Waals surface area contributed by atoms with E-state index in [1.54, 1.807) is 18.2 Å².